The predicted octanol–water partition coefficient (Wildman–Crippen LogP) is -2.83. The number of carboxylic acid groups (broad SMARTS) is 4. The van der Waals surface area contributed by atoms with Crippen LogP contribution in [0.1, 0.15) is 54.5 Å². The van der Waals surface area contributed by atoms with Gasteiger partial charge in [-0.2, -0.15) is 13.1 Å². The molecule has 29 nitrogen and oxygen atoms in total. The van der Waals surface area contributed by atoms with Gasteiger partial charge in [0.15, 0.2) is 0 Å². The number of carbonyl (C=O) groups excluding carboxylic acids is 4. The summed E-state index contributed by atoms with van der Waals surface area (Å²) in [5.41, 5.74) is 2.42. The molecule has 1 aromatic carbocycles. The maximum Gasteiger partial charge on any atom is 0.323 e. The van der Waals surface area contributed by atoms with E-state index in [1.807, 2.05) is 12.1 Å². The first-order valence-corrected chi connectivity index (χ1v) is 28.7. The number of anilines is 1. The Hall–Kier alpha value is -6.61. The van der Waals surface area contributed by atoms with E-state index in [2.05, 4.69) is 36.3 Å². The van der Waals surface area contributed by atoms with Gasteiger partial charge in [0.05, 0.1) is 37.7 Å². The summed E-state index contributed by atoms with van der Waals surface area (Å²) in [6.45, 7) is 2.12. The lowest BCUT2D eigenvalue weighted by Gasteiger charge is -2.33. The number of aryl methyl sites for hydroxylation is 4. The number of fused-ring (bicyclic) bond motifs is 1. The van der Waals surface area contributed by atoms with E-state index in [-0.39, 0.29) is 120 Å². The number of benzene rings is 1. The molecule has 2 aromatic rings. The molecule has 4 rings (SSSR count). The molecule has 1 saturated heterocycles. The summed E-state index contributed by atoms with van der Waals surface area (Å²) in [4.78, 5) is 109. The van der Waals surface area contributed by atoms with Gasteiger partial charge in [0, 0.05) is 97.1 Å². The number of sulfonamides is 1. The Bertz CT molecular complexity index is 2640. The Labute approximate surface area is 458 Å². The number of ether oxygens (including phenoxy) is 1. The third kappa shape index (κ3) is 24.5. The zero-order chi connectivity index (χ0) is 58.3. The number of hydrogen-bond acceptors (Lipinski definition) is 19. The average Bonchev–Trinajstić information content (AvgIpc) is 3.36. The highest BCUT2D eigenvalue weighted by molar-refractivity contribution is 7.89. The molecule has 1 unspecified atom stereocenters. The molecule has 4 amide bonds. The largest absolute Gasteiger partial charge is 0.494 e. The van der Waals surface area contributed by atoms with Crippen molar-refractivity contribution in [1.82, 2.24) is 50.6 Å². The molecule has 79 heavy (non-hydrogen) atoms. The van der Waals surface area contributed by atoms with Crippen molar-refractivity contribution in [2.75, 3.05) is 122 Å². The third-order valence-corrected chi connectivity index (χ3v) is 15.1. The maximum atomic E-state index is 13.5. The molecule has 2 aliphatic rings. The minimum absolute atomic E-state index is 0.0121. The van der Waals surface area contributed by atoms with Crippen molar-refractivity contribution in [1.29, 1.82) is 0 Å². The van der Waals surface area contributed by atoms with Crippen LogP contribution in [0.4, 0.5) is 5.82 Å². The second-order valence-electron chi connectivity index (χ2n) is 19.1. The first-order chi connectivity index (χ1) is 37.3. The van der Waals surface area contributed by atoms with E-state index in [1.54, 1.807) is 9.80 Å². The fraction of sp³-hybridized carbons (Fsp3) is 0.604. The highest BCUT2D eigenvalue weighted by Crippen LogP contribution is 2.26. The van der Waals surface area contributed by atoms with Gasteiger partial charge in [-0.1, -0.05) is 6.07 Å². The highest BCUT2D eigenvalue weighted by Gasteiger charge is 2.30. The fourth-order valence-corrected chi connectivity index (χ4v) is 11.0. The van der Waals surface area contributed by atoms with E-state index >= 15 is 0 Å². The van der Waals surface area contributed by atoms with Crippen molar-refractivity contribution < 1.29 is 84.9 Å². The standard InChI is InChI=1S/C48H73N11O18S2/c1-32-24-36(25-33(2)45(32)79(75,76)55-37(48(70)71)26-52-40(61)8-3-7-35-11-10-34-6-4-12-50-46(34)53-35)77-23-5-9-39(60)49-13-14-51-47(69)38(31-78(72,73)74)54-41(62)27-56-15-17-57(28-42(63)64)19-21-59(30-44(67)68)22-20-58(18-16-56)29-43(65)66/h10-11,24-25,37-38,55H,3-9,12-23,26-31H2,1-2H3,(H,49,60)(H,50,53)(H,51,69)(H,52,61)(H,54,62)(H,63,64)(H,65,66)(H,67,68)(H,70,71)(H,72,73,74)/t37-,38?/m0/s1. The molecule has 2 atom stereocenters. The van der Waals surface area contributed by atoms with E-state index in [9.17, 15) is 80.2 Å². The van der Waals surface area contributed by atoms with Crippen LogP contribution in [0.25, 0.3) is 0 Å². The summed E-state index contributed by atoms with van der Waals surface area (Å²) in [5, 5.41) is 51.2. The molecular formula is C48H73N11O18S2. The summed E-state index contributed by atoms with van der Waals surface area (Å²) in [6, 6.07) is 3.32. The zero-order valence-electron chi connectivity index (χ0n) is 44.2. The minimum atomic E-state index is -4.84. The Morgan fingerprint density at radius 2 is 1.20 bits per heavy atom. The number of aromatic nitrogens is 1. The molecule has 2 aliphatic heterocycles. The van der Waals surface area contributed by atoms with Gasteiger partial charge in [0.25, 0.3) is 10.1 Å². The van der Waals surface area contributed by atoms with Gasteiger partial charge in [-0.25, -0.2) is 13.4 Å². The molecule has 0 radical (unpaired) electrons. The molecule has 11 N–H and O–H groups in total. The summed E-state index contributed by atoms with van der Waals surface area (Å²) in [5.74, 6) is -7.83. The van der Waals surface area contributed by atoms with Crippen LogP contribution in [0.15, 0.2) is 29.2 Å². The number of rotatable bonds is 30. The van der Waals surface area contributed by atoms with E-state index in [0.717, 1.165) is 36.5 Å². The number of aliphatic carboxylic acids is 4. The zero-order valence-corrected chi connectivity index (χ0v) is 45.9. The smallest absolute Gasteiger partial charge is 0.323 e. The van der Waals surface area contributed by atoms with Crippen LogP contribution in [0.2, 0.25) is 0 Å². The summed E-state index contributed by atoms with van der Waals surface area (Å²) >= 11 is 0. The topological polar surface area (TPSA) is 413 Å². The second kappa shape index (κ2) is 31.8. The van der Waals surface area contributed by atoms with Gasteiger partial charge in [0.1, 0.15) is 29.4 Å². The first-order valence-electron chi connectivity index (χ1n) is 25.6. The Balaban J connectivity index is 1.21. The monoisotopic (exact) mass is 1160 g/mol. The highest BCUT2D eigenvalue weighted by atomic mass is 32.2. The number of pyridine rings is 1. The SMILES string of the molecule is Cc1cc(OCCCC(=O)NCCNC(=O)C(CS(=O)(=O)O)NC(=O)CN2CCN(CC(=O)O)CCN(CC(=O)O)CCN(CC(=O)O)CC2)cc(C)c1S(=O)(=O)N[C@@H](CNC(=O)CCCc1ccc2c(n1)NCCC2)C(=O)O. The molecule has 0 spiro atoms. The van der Waals surface area contributed by atoms with Gasteiger partial charge in [0.2, 0.25) is 33.7 Å². The quantitative estimate of drug-likeness (QED) is 0.0277. The van der Waals surface area contributed by atoms with Crippen molar-refractivity contribution in [2.24, 2.45) is 0 Å². The number of hydrogen-bond donors (Lipinski definition) is 11. The van der Waals surface area contributed by atoms with Crippen molar-refractivity contribution in [3.05, 3.63) is 46.6 Å². The van der Waals surface area contributed by atoms with E-state index in [0.29, 0.717) is 12.8 Å². The van der Waals surface area contributed by atoms with Gasteiger partial charge in [-0.15, -0.1) is 0 Å². The van der Waals surface area contributed by atoms with Gasteiger partial charge >= 0.3 is 23.9 Å². The lowest BCUT2D eigenvalue weighted by atomic mass is 10.1. The Morgan fingerprint density at radius 3 is 1.73 bits per heavy atom. The van der Waals surface area contributed by atoms with Gasteiger partial charge < -0.3 is 51.7 Å². The average molecular weight is 1160 g/mol. The number of amides is 4. The van der Waals surface area contributed by atoms with Crippen LogP contribution >= 0.6 is 0 Å². The van der Waals surface area contributed by atoms with Crippen LogP contribution in [0.5, 0.6) is 5.75 Å². The molecule has 0 aliphatic carbocycles. The summed E-state index contributed by atoms with van der Waals surface area (Å²) < 4.78 is 68.3. The van der Waals surface area contributed by atoms with Crippen LogP contribution < -0.4 is 36.0 Å². The van der Waals surface area contributed by atoms with E-state index in [1.165, 1.54) is 35.8 Å². The maximum absolute atomic E-state index is 13.5. The molecule has 1 fully saturated rings. The van der Waals surface area contributed by atoms with Crippen LogP contribution in [-0.2, 0) is 71.3 Å². The Morgan fingerprint density at radius 1 is 0.684 bits per heavy atom. The molecule has 0 saturated carbocycles. The fourth-order valence-electron chi connectivity index (χ4n) is 8.73. The predicted molar refractivity (Wildman–Crippen MR) is 282 cm³/mol. The molecule has 3 heterocycles. The summed E-state index contributed by atoms with van der Waals surface area (Å²) in [6.07, 6.45) is 3.14. The number of carbonyl (C=O) groups is 8. The third-order valence-electron chi connectivity index (χ3n) is 12.6. The van der Waals surface area contributed by atoms with Gasteiger partial charge in [-0.3, -0.25) is 62.5 Å². The minimum Gasteiger partial charge on any atom is -0.494 e. The second-order valence-corrected chi connectivity index (χ2v) is 22.3. The number of nitrogens with one attached hydrogen (secondary N) is 6. The Kier molecular flexibility index (Phi) is 26.2. The molecule has 0 bridgehead atoms. The lowest BCUT2D eigenvalue weighted by molar-refractivity contribution is -0.140. The van der Waals surface area contributed by atoms with Crippen LogP contribution in [0.3, 0.4) is 0 Å². The van der Waals surface area contributed by atoms with Crippen molar-refractivity contribution in [3.63, 3.8) is 0 Å². The van der Waals surface area contributed by atoms with E-state index in [4.69, 9.17) is 4.74 Å². The number of nitrogens with zero attached hydrogens (tertiary/aromatic N) is 5. The lowest BCUT2D eigenvalue weighted by Crippen LogP contribution is -2.54. The summed E-state index contributed by atoms with van der Waals surface area (Å²) in [7, 11) is -9.25. The molecular weight excluding hydrogens is 1080 g/mol. The van der Waals surface area contributed by atoms with Crippen LogP contribution in [0, 0.1) is 13.8 Å². The number of carboxylic acids is 4. The van der Waals surface area contributed by atoms with E-state index < -0.39 is 112 Å². The van der Waals surface area contributed by atoms with Crippen molar-refractivity contribution in [2.45, 2.75) is 75.8 Å². The first kappa shape index (κ1) is 64.9. The molecule has 31 heteroatoms. The molecule has 440 valence electrons. The van der Waals surface area contributed by atoms with Crippen molar-refractivity contribution in [3.8, 4) is 5.75 Å². The molecule has 1 aromatic heterocycles. The van der Waals surface area contributed by atoms with Crippen LogP contribution in [-0.4, -0.2) is 243 Å². The van der Waals surface area contributed by atoms with Crippen molar-refractivity contribution >= 4 is 73.5 Å². The van der Waals surface area contributed by atoms with Gasteiger partial charge in [-0.05, 0) is 80.8 Å². The normalized spacial score (nSPS) is 16.1.